The number of aliphatic carboxylic acids is 2. The summed E-state index contributed by atoms with van der Waals surface area (Å²) in [6.07, 6.45) is 0.259. The molecule has 0 amide bonds. The highest BCUT2D eigenvalue weighted by atomic mass is 127. The van der Waals surface area contributed by atoms with Gasteiger partial charge in [0.15, 0.2) is 0 Å². The molecule has 242 valence electrons. The molecule has 0 bridgehead atoms. The second-order valence-electron chi connectivity index (χ2n) is 7.24. The fraction of sp³-hybridized carbons (Fsp3) is 0.182. The summed E-state index contributed by atoms with van der Waals surface area (Å²) in [5.74, 6) is -0.582. The van der Waals surface area contributed by atoms with Crippen molar-refractivity contribution in [1.82, 2.24) is 0 Å². The Morgan fingerprint density at radius 3 is 0.864 bits per heavy atom. The van der Waals surface area contributed by atoms with Crippen molar-refractivity contribution in [3.05, 3.63) is 43.7 Å². The lowest BCUT2D eigenvalue weighted by Crippen LogP contribution is -2.11. The molecule has 44 heavy (non-hydrogen) atoms. The van der Waals surface area contributed by atoms with Crippen LogP contribution in [0.1, 0.15) is 54.3 Å². The summed E-state index contributed by atoms with van der Waals surface area (Å²) in [5.41, 5.74) is 13.2. The number of rotatable bonds is 11. The Labute approximate surface area is 360 Å². The van der Waals surface area contributed by atoms with Crippen LogP contribution in [0.25, 0.3) is 0 Å². The first-order chi connectivity index (χ1) is 20.2. The number of benzene rings is 2. The number of carbonyl (C=O) groups excluding carboxylic acids is 4. The van der Waals surface area contributed by atoms with Crippen LogP contribution in [-0.4, -0.2) is 54.6 Å². The third-order valence-corrected chi connectivity index (χ3v) is 14.2. The van der Waals surface area contributed by atoms with Crippen molar-refractivity contribution >= 4 is 248 Å². The minimum absolute atomic E-state index is 0.130. The number of hydrogen-bond donors (Lipinski definition) is 4. The molecule has 0 atom stereocenters. The number of carbonyl (C=O) groups is 6. The van der Waals surface area contributed by atoms with E-state index in [1.54, 1.807) is 0 Å². The fourth-order valence-electron chi connectivity index (χ4n) is 2.43. The quantitative estimate of drug-likeness (QED) is 0.0549. The topological polar surface area (TPSA) is 195 Å². The summed E-state index contributed by atoms with van der Waals surface area (Å²) in [5, 5.41) is 13.9. The molecule has 0 fully saturated rings. The van der Waals surface area contributed by atoms with Crippen LogP contribution in [0.2, 0.25) is 0 Å². The maximum atomic E-state index is 11.3. The normalized spacial score (nSPS) is 10.1. The second kappa shape index (κ2) is 22.6. The van der Waals surface area contributed by atoms with E-state index in [2.05, 4.69) is 0 Å². The minimum atomic E-state index is -0.818. The van der Waals surface area contributed by atoms with E-state index in [1.165, 1.54) is 21.6 Å². The third-order valence-electron chi connectivity index (χ3n) is 4.37. The molecule has 0 radical (unpaired) electrons. The highest BCUT2D eigenvalue weighted by Gasteiger charge is 2.26. The summed E-state index contributed by atoms with van der Waals surface area (Å²) >= 11 is 33.2. The van der Waals surface area contributed by atoms with Crippen LogP contribution in [0, 0.1) is 21.4 Å². The average Bonchev–Trinajstić information content (AvgIpc) is 2.88. The van der Waals surface area contributed by atoms with E-state index in [0.717, 1.165) is 0 Å². The lowest BCUT2D eigenvalue weighted by molar-refractivity contribution is -0.137. The van der Waals surface area contributed by atoms with Crippen LogP contribution < -0.4 is 11.5 Å². The van der Waals surface area contributed by atoms with Gasteiger partial charge in [0.1, 0.15) is 0 Å². The Kier molecular flexibility index (Phi) is 23.6. The van der Waals surface area contributed by atoms with Crippen LogP contribution in [0.5, 0.6) is 0 Å². The van der Waals surface area contributed by atoms with Crippen molar-refractivity contribution in [3.63, 3.8) is 0 Å². The zero-order valence-electron chi connectivity index (χ0n) is 20.9. The summed E-state index contributed by atoms with van der Waals surface area (Å²) in [6.45, 7) is 0. The predicted octanol–water partition coefficient (Wildman–Crippen LogP) is 9.00. The molecule has 0 heterocycles. The molecule has 6 N–H and O–H groups in total. The van der Waals surface area contributed by atoms with Gasteiger partial charge in [-0.1, -0.05) is 21.6 Å². The van der Waals surface area contributed by atoms with Crippen molar-refractivity contribution in [3.8, 4) is 0 Å². The SMILES string of the molecule is Nc1c(I)c(C(=O)Cl)c(I)c(C(=O)Cl)c1I.Nc1c(I)c(C(=O)Cl)c(I)c(C(=O)Cl)c1I.O=C(O)CCSSCCC(=O)O. The van der Waals surface area contributed by atoms with Gasteiger partial charge in [-0.2, -0.15) is 0 Å². The molecule has 0 spiro atoms. The molecule has 0 aliphatic rings. The van der Waals surface area contributed by atoms with Gasteiger partial charge in [0.05, 0.1) is 60.8 Å². The van der Waals surface area contributed by atoms with Crippen LogP contribution in [0.15, 0.2) is 0 Å². The van der Waals surface area contributed by atoms with E-state index < -0.39 is 32.9 Å². The van der Waals surface area contributed by atoms with Gasteiger partial charge in [-0.05, 0) is 182 Å². The van der Waals surface area contributed by atoms with E-state index >= 15 is 0 Å². The smallest absolute Gasteiger partial charge is 0.304 e. The highest BCUT2D eigenvalue weighted by molar-refractivity contribution is 14.1. The van der Waals surface area contributed by atoms with Gasteiger partial charge >= 0.3 is 11.9 Å². The molecule has 0 unspecified atom stereocenters. The first-order valence-corrected chi connectivity index (χ1v) is 21.1. The third kappa shape index (κ3) is 14.4. The minimum Gasteiger partial charge on any atom is -0.481 e. The van der Waals surface area contributed by atoms with E-state index in [4.69, 9.17) is 68.1 Å². The van der Waals surface area contributed by atoms with E-state index in [-0.39, 0.29) is 35.1 Å². The first-order valence-electron chi connectivity index (χ1n) is 10.6. The zero-order chi connectivity index (χ0) is 34.6. The number of carboxylic acid groups (broad SMARTS) is 2. The predicted molar refractivity (Wildman–Crippen MR) is 228 cm³/mol. The van der Waals surface area contributed by atoms with Crippen molar-refractivity contribution in [2.45, 2.75) is 12.8 Å². The second-order valence-corrected chi connectivity index (χ2v) is 17.8. The number of hydrogen-bond acceptors (Lipinski definition) is 10. The van der Waals surface area contributed by atoms with Crippen LogP contribution in [-0.2, 0) is 9.59 Å². The summed E-state index contributed by atoms with van der Waals surface area (Å²) in [4.78, 5) is 65.1. The summed E-state index contributed by atoms with van der Waals surface area (Å²) < 4.78 is 3.00. The molecule has 0 aliphatic heterocycles. The molecule has 0 aromatic heterocycles. The Hall–Kier alpha value is 1.90. The standard InChI is InChI=1S/2C8H2Cl2I3NO2.C6H10O4S2/c2*9-7(15)1-3(11)2(8(10)16)5(13)6(14)4(1)12;7-5(8)1-3-11-12-4-2-6(9)10/h2*14H2;1-4H2,(H,7,8)(H,9,10). The molecule has 0 aliphatic carbocycles. The monoisotopic (exact) mass is 1400 g/mol. The molecule has 2 aromatic carbocycles. The maximum Gasteiger partial charge on any atom is 0.304 e. The van der Waals surface area contributed by atoms with Crippen molar-refractivity contribution in [2.75, 3.05) is 23.0 Å². The lowest BCUT2D eigenvalue weighted by atomic mass is 10.1. The fourth-order valence-corrected chi connectivity index (χ4v) is 14.7. The molecule has 0 saturated carbocycles. The Morgan fingerprint density at radius 2 is 0.705 bits per heavy atom. The van der Waals surface area contributed by atoms with Gasteiger partial charge in [0, 0.05) is 18.6 Å². The number of nitrogens with two attached hydrogens (primary N) is 2. The van der Waals surface area contributed by atoms with Gasteiger partial charge in [-0.15, -0.1) is 0 Å². The van der Waals surface area contributed by atoms with E-state index in [9.17, 15) is 28.8 Å². The van der Waals surface area contributed by atoms with Crippen LogP contribution in [0.4, 0.5) is 11.4 Å². The molecule has 0 saturated heterocycles. The Balaban J connectivity index is 0.000000639. The van der Waals surface area contributed by atoms with Crippen LogP contribution >= 0.6 is 204 Å². The van der Waals surface area contributed by atoms with E-state index in [1.807, 2.05) is 136 Å². The molecule has 2 rings (SSSR count). The molecule has 22 heteroatoms. The number of carboxylic acids is 2. The Morgan fingerprint density at radius 1 is 0.500 bits per heavy atom. The molecule has 10 nitrogen and oxygen atoms in total. The number of nitrogen functional groups attached to an aromatic ring is 2. The molecular weight excluding hydrogens is 1390 g/mol. The first kappa shape index (κ1) is 45.9. The summed E-state index contributed by atoms with van der Waals surface area (Å²) in [7, 11) is 2.79. The van der Waals surface area contributed by atoms with Gasteiger partial charge in [0.2, 0.25) is 0 Å². The lowest BCUT2D eigenvalue weighted by Gasteiger charge is -2.12. The number of halogens is 10. The average molecular weight is 1400 g/mol. The van der Waals surface area contributed by atoms with Gasteiger partial charge in [-0.25, -0.2) is 0 Å². The molecule has 2 aromatic rings. The van der Waals surface area contributed by atoms with Gasteiger partial charge in [0.25, 0.3) is 21.0 Å². The van der Waals surface area contributed by atoms with Crippen molar-refractivity contribution in [1.29, 1.82) is 0 Å². The Bertz CT molecular complexity index is 1310. The number of anilines is 2. The van der Waals surface area contributed by atoms with Gasteiger partial charge in [-0.3, -0.25) is 28.8 Å². The van der Waals surface area contributed by atoms with Crippen molar-refractivity contribution in [2.24, 2.45) is 0 Å². The van der Waals surface area contributed by atoms with Crippen LogP contribution in [0.3, 0.4) is 0 Å². The highest BCUT2D eigenvalue weighted by Crippen LogP contribution is 2.36. The largest absolute Gasteiger partial charge is 0.481 e. The summed E-state index contributed by atoms with van der Waals surface area (Å²) in [6, 6.07) is 0. The maximum absolute atomic E-state index is 11.3. The zero-order valence-corrected chi connectivity index (χ0v) is 38.5. The molecular formula is C22H14Cl4I6N2O8S2. The van der Waals surface area contributed by atoms with Crippen molar-refractivity contribution < 1.29 is 39.0 Å². The van der Waals surface area contributed by atoms with Gasteiger partial charge < -0.3 is 21.7 Å². The van der Waals surface area contributed by atoms with E-state index in [0.29, 0.717) is 44.3 Å².